The van der Waals surface area contributed by atoms with Gasteiger partial charge in [-0.25, -0.2) is 8.42 Å². The number of rotatable bonds is 3. The monoisotopic (exact) mass is 408 g/mol. The molecule has 1 aromatic carbocycles. The molecule has 27 heavy (non-hydrogen) atoms. The molecule has 0 bridgehead atoms. The van der Waals surface area contributed by atoms with E-state index in [9.17, 15) is 13.2 Å². The molecular weight excluding hydrogens is 384 g/mol. The molecule has 2 saturated heterocycles. The largest absolute Gasteiger partial charge is 0.495 e. The molecule has 8 heteroatoms. The van der Waals surface area contributed by atoms with Crippen LogP contribution in [-0.2, 0) is 14.6 Å². The standard InChI is InChI=1S/C19H24N2O4S2/c1-25-16-10-6-5-9-14(16)21-15-11-27(23,24)12-17(15)26-19(21)20-18(22)13-7-3-2-4-8-13/h5-6,9-10,13,15,17H,2-4,7-8,11-12H2,1H3/t15-,17+/m1/s1. The molecule has 2 atom stereocenters. The zero-order chi connectivity index (χ0) is 19.0. The van der Waals surface area contributed by atoms with Crippen molar-refractivity contribution >= 4 is 38.4 Å². The average molecular weight is 409 g/mol. The van der Waals surface area contributed by atoms with Crippen LogP contribution in [0.15, 0.2) is 29.3 Å². The number of amides is 1. The number of para-hydroxylation sites is 2. The molecule has 2 heterocycles. The Balaban J connectivity index is 1.70. The number of methoxy groups -OCH3 is 1. The minimum Gasteiger partial charge on any atom is -0.495 e. The lowest BCUT2D eigenvalue weighted by molar-refractivity contribution is -0.122. The summed E-state index contributed by atoms with van der Waals surface area (Å²) in [7, 11) is -1.49. The second-order valence-corrected chi connectivity index (χ2v) is 10.8. The number of hydrogen-bond acceptors (Lipinski definition) is 5. The van der Waals surface area contributed by atoms with E-state index in [0.717, 1.165) is 31.4 Å². The van der Waals surface area contributed by atoms with Gasteiger partial charge < -0.3 is 9.64 Å². The highest BCUT2D eigenvalue weighted by Crippen LogP contribution is 2.44. The fourth-order valence-corrected chi connectivity index (χ4v) is 8.12. The van der Waals surface area contributed by atoms with E-state index in [1.807, 2.05) is 29.2 Å². The topological polar surface area (TPSA) is 76.0 Å². The summed E-state index contributed by atoms with van der Waals surface area (Å²) in [5.41, 5.74) is 0.771. The van der Waals surface area contributed by atoms with Crippen LogP contribution < -0.4 is 9.64 Å². The highest BCUT2D eigenvalue weighted by molar-refractivity contribution is 8.16. The molecule has 1 aliphatic carbocycles. The predicted octanol–water partition coefficient (Wildman–Crippen LogP) is 2.88. The smallest absolute Gasteiger partial charge is 0.251 e. The van der Waals surface area contributed by atoms with Gasteiger partial charge in [0.05, 0.1) is 30.3 Å². The lowest BCUT2D eigenvalue weighted by Crippen LogP contribution is -2.38. The van der Waals surface area contributed by atoms with Crippen molar-refractivity contribution in [1.29, 1.82) is 0 Å². The second-order valence-electron chi connectivity index (χ2n) is 7.41. The SMILES string of the molecule is COc1ccccc1N1C(=NC(=O)C2CCCCC2)S[C@H]2CS(=O)(=O)C[C@H]21. The van der Waals surface area contributed by atoms with Crippen LogP contribution in [-0.4, -0.2) is 49.4 Å². The van der Waals surface area contributed by atoms with Gasteiger partial charge in [-0.1, -0.05) is 43.2 Å². The Morgan fingerprint density at radius 3 is 2.67 bits per heavy atom. The predicted molar refractivity (Wildman–Crippen MR) is 108 cm³/mol. The Bertz CT molecular complexity index is 862. The van der Waals surface area contributed by atoms with Crippen molar-refractivity contribution < 1.29 is 17.9 Å². The van der Waals surface area contributed by atoms with E-state index in [0.29, 0.717) is 10.9 Å². The number of thioether (sulfide) groups is 1. The fourth-order valence-electron chi connectivity index (χ4n) is 4.21. The van der Waals surface area contributed by atoms with Crippen LogP contribution in [0.3, 0.4) is 0 Å². The van der Waals surface area contributed by atoms with Gasteiger partial charge in [0.1, 0.15) is 5.75 Å². The number of nitrogens with zero attached hydrogens (tertiary/aromatic N) is 2. The van der Waals surface area contributed by atoms with Crippen LogP contribution in [0.1, 0.15) is 32.1 Å². The third-order valence-electron chi connectivity index (χ3n) is 5.57. The summed E-state index contributed by atoms with van der Waals surface area (Å²) in [4.78, 5) is 19.2. The molecule has 6 nitrogen and oxygen atoms in total. The first-order valence-electron chi connectivity index (χ1n) is 9.40. The van der Waals surface area contributed by atoms with Gasteiger partial charge in [0, 0.05) is 11.2 Å². The van der Waals surface area contributed by atoms with E-state index in [1.165, 1.54) is 18.2 Å². The van der Waals surface area contributed by atoms with Gasteiger partial charge in [-0.05, 0) is 25.0 Å². The van der Waals surface area contributed by atoms with E-state index in [-0.39, 0.29) is 34.6 Å². The van der Waals surface area contributed by atoms with Crippen LogP contribution in [0.25, 0.3) is 0 Å². The van der Waals surface area contributed by atoms with Gasteiger partial charge in [0.25, 0.3) is 5.91 Å². The van der Waals surface area contributed by atoms with Gasteiger partial charge in [0.15, 0.2) is 15.0 Å². The maximum atomic E-state index is 12.8. The number of amidine groups is 1. The van der Waals surface area contributed by atoms with Crippen molar-refractivity contribution in [3.63, 3.8) is 0 Å². The maximum absolute atomic E-state index is 12.8. The Hall–Kier alpha value is -1.54. The molecule has 0 N–H and O–H groups in total. The number of fused-ring (bicyclic) bond motifs is 1. The number of anilines is 1. The third kappa shape index (κ3) is 3.74. The van der Waals surface area contributed by atoms with Crippen LogP contribution in [0.5, 0.6) is 5.75 Å². The molecular formula is C19H24N2O4S2. The summed E-state index contributed by atoms with van der Waals surface area (Å²) in [5, 5.41) is 0.512. The molecule has 3 fully saturated rings. The maximum Gasteiger partial charge on any atom is 0.251 e. The van der Waals surface area contributed by atoms with Crippen LogP contribution >= 0.6 is 11.8 Å². The minimum atomic E-state index is -3.08. The molecule has 3 aliphatic rings. The average Bonchev–Trinajstić information content (AvgIpc) is 3.13. The van der Waals surface area contributed by atoms with Crippen LogP contribution in [0.2, 0.25) is 0 Å². The molecule has 0 aromatic heterocycles. The van der Waals surface area contributed by atoms with Gasteiger partial charge >= 0.3 is 0 Å². The summed E-state index contributed by atoms with van der Waals surface area (Å²) in [6.45, 7) is 0. The number of carbonyl (C=O) groups excluding carboxylic acids is 1. The van der Waals surface area contributed by atoms with Crippen LogP contribution in [0.4, 0.5) is 5.69 Å². The van der Waals surface area contributed by atoms with Crippen LogP contribution in [0, 0.1) is 5.92 Å². The molecule has 1 saturated carbocycles. The molecule has 2 aliphatic heterocycles. The van der Waals surface area contributed by atoms with E-state index < -0.39 is 9.84 Å². The van der Waals surface area contributed by atoms with Gasteiger partial charge in [-0.3, -0.25) is 4.79 Å². The summed E-state index contributed by atoms with van der Waals surface area (Å²) in [6.07, 6.45) is 5.14. The van der Waals surface area contributed by atoms with Gasteiger partial charge in [0.2, 0.25) is 0 Å². The zero-order valence-corrected chi connectivity index (χ0v) is 17.0. The quantitative estimate of drug-likeness (QED) is 0.765. The van der Waals surface area contributed by atoms with Gasteiger partial charge in [-0.15, -0.1) is 0 Å². The molecule has 0 spiro atoms. The highest BCUT2D eigenvalue weighted by Gasteiger charge is 2.50. The molecule has 4 rings (SSSR count). The van der Waals surface area contributed by atoms with E-state index >= 15 is 0 Å². The Kier molecular flexibility index (Phi) is 5.20. The van der Waals surface area contributed by atoms with Crippen molar-refractivity contribution in [3.05, 3.63) is 24.3 Å². The number of sulfone groups is 1. The number of ether oxygens (including phenoxy) is 1. The Morgan fingerprint density at radius 2 is 1.93 bits per heavy atom. The fraction of sp³-hybridized carbons (Fsp3) is 0.579. The van der Waals surface area contributed by atoms with Gasteiger partial charge in [-0.2, -0.15) is 4.99 Å². The summed E-state index contributed by atoms with van der Waals surface area (Å²) < 4.78 is 29.8. The van der Waals surface area contributed by atoms with Crippen molar-refractivity contribution in [2.24, 2.45) is 10.9 Å². The zero-order valence-electron chi connectivity index (χ0n) is 15.3. The summed E-state index contributed by atoms with van der Waals surface area (Å²) >= 11 is 1.42. The Morgan fingerprint density at radius 1 is 1.19 bits per heavy atom. The van der Waals surface area contributed by atoms with E-state index in [1.54, 1.807) is 7.11 Å². The number of aliphatic imine (C=N–C) groups is 1. The number of benzene rings is 1. The van der Waals surface area contributed by atoms with E-state index in [2.05, 4.69) is 4.99 Å². The lowest BCUT2D eigenvalue weighted by Gasteiger charge is -2.26. The first-order chi connectivity index (χ1) is 13.0. The third-order valence-corrected chi connectivity index (χ3v) is 8.78. The normalized spacial score (nSPS) is 29.1. The molecule has 146 valence electrons. The highest BCUT2D eigenvalue weighted by atomic mass is 32.2. The second kappa shape index (κ2) is 7.47. The molecule has 0 unspecified atom stereocenters. The van der Waals surface area contributed by atoms with Crippen molar-refractivity contribution in [2.75, 3.05) is 23.5 Å². The summed E-state index contributed by atoms with van der Waals surface area (Å²) in [5.74, 6) is 0.792. The minimum absolute atomic E-state index is 0.00413. The van der Waals surface area contributed by atoms with Crippen molar-refractivity contribution in [2.45, 2.75) is 43.4 Å². The number of hydrogen-bond donors (Lipinski definition) is 0. The number of carbonyl (C=O) groups is 1. The first-order valence-corrected chi connectivity index (χ1v) is 12.1. The molecule has 1 aromatic rings. The lowest BCUT2D eigenvalue weighted by atomic mass is 9.89. The molecule has 1 amide bonds. The molecule has 0 radical (unpaired) electrons. The summed E-state index contributed by atoms with van der Waals surface area (Å²) in [6, 6.07) is 7.29. The van der Waals surface area contributed by atoms with Crippen molar-refractivity contribution in [3.8, 4) is 5.75 Å². The van der Waals surface area contributed by atoms with E-state index in [4.69, 9.17) is 4.74 Å². The first kappa shape index (κ1) is 18.8. The van der Waals surface area contributed by atoms with Crippen molar-refractivity contribution in [1.82, 2.24) is 0 Å². The Labute approximate surface area is 164 Å².